The van der Waals surface area contributed by atoms with Gasteiger partial charge in [0.2, 0.25) is 0 Å². The zero-order valence-electron chi connectivity index (χ0n) is 12.0. The van der Waals surface area contributed by atoms with E-state index in [0.717, 1.165) is 21.4 Å². The summed E-state index contributed by atoms with van der Waals surface area (Å²) in [5, 5.41) is 14.2. The van der Waals surface area contributed by atoms with Crippen LogP contribution >= 0.6 is 11.3 Å². The summed E-state index contributed by atoms with van der Waals surface area (Å²) < 4.78 is 6.10. The number of aromatic carboxylic acids is 1. The summed E-state index contributed by atoms with van der Waals surface area (Å²) in [6.45, 7) is 0.567. The molecule has 3 aromatic rings. The second-order valence-electron chi connectivity index (χ2n) is 4.81. The van der Waals surface area contributed by atoms with Crippen LogP contribution < -0.4 is 10.1 Å². The Morgan fingerprint density at radius 2 is 1.91 bits per heavy atom. The van der Waals surface area contributed by atoms with Crippen molar-refractivity contribution in [2.45, 2.75) is 6.54 Å². The Hall–Kier alpha value is -2.53. The Balaban J connectivity index is 1.86. The quantitative estimate of drug-likeness (QED) is 0.740. The number of nitrogens with one attached hydrogen (secondary N) is 1. The van der Waals surface area contributed by atoms with Crippen molar-refractivity contribution in [2.24, 2.45) is 0 Å². The minimum Gasteiger partial charge on any atom is -0.497 e. The van der Waals surface area contributed by atoms with Gasteiger partial charge in [0.1, 0.15) is 16.3 Å². The average molecular weight is 313 g/mol. The van der Waals surface area contributed by atoms with Crippen molar-refractivity contribution in [2.75, 3.05) is 12.4 Å². The minimum atomic E-state index is -0.908. The molecule has 2 N–H and O–H groups in total. The van der Waals surface area contributed by atoms with Gasteiger partial charge in [-0.1, -0.05) is 30.3 Å². The van der Waals surface area contributed by atoms with Gasteiger partial charge in [0.15, 0.2) is 0 Å². The first-order chi connectivity index (χ1) is 10.7. The Morgan fingerprint density at radius 1 is 1.18 bits per heavy atom. The van der Waals surface area contributed by atoms with E-state index in [1.807, 2.05) is 48.5 Å². The minimum absolute atomic E-state index is 0.342. The lowest BCUT2D eigenvalue weighted by Gasteiger charge is -2.06. The monoisotopic (exact) mass is 313 g/mol. The van der Waals surface area contributed by atoms with E-state index in [9.17, 15) is 9.90 Å². The van der Waals surface area contributed by atoms with Gasteiger partial charge in [-0.05, 0) is 23.8 Å². The number of carbonyl (C=O) groups is 1. The van der Waals surface area contributed by atoms with Crippen LogP contribution in [-0.4, -0.2) is 18.2 Å². The molecule has 22 heavy (non-hydrogen) atoms. The highest BCUT2D eigenvalue weighted by molar-refractivity contribution is 7.23. The molecule has 0 bridgehead atoms. The fraction of sp³-hybridized carbons (Fsp3) is 0.118. The van der Waals surface area contributed by atoms with E-state index in [-0.39, 0.29) is 0 Å². The van der Waals surface area contributed by atoms with Crippen molar-refractivity contribution in [3.05, 3.63) is 59.7 Å². The molecule has 0 saturated carbocycles. The Bertz CT molecular complexity index is 808. The maximum Gasteiger partial charge on any atom is 0.339 e. The molecule has 0 unspecified atom stereocenters. The summed E-state index contributed by atoms with van der Waals surface area (Å²) in [7, 11) is 1.63. The molecule has 0 radical (unpaired) electrons. The number of fused-ring (bicyclic) bond motifs is 1. The van der Waals surface area contributed by atoms with Gasteiger partial charge in [0, 0.05) is 16.6 Å². The first-order valence-electron chi connectivity index (χ1n) is 6.80. The van der Waals surface area contributed by atoms with Crippen LogP contribution in [0.15, 0.2) is 48.5 Å². The van der Waals surface area contributed by atoms with E-state index in [4.69, 9.17) is 4.74 Å². The van der Waals surface area contributed by atoms with Gasteiger partial charge in [-0.3, -0.25) is 0 Å². The zero-order chi connectivity index (χ0) is 15.5. The summed E-state index contributed by atoms with van der Waals surface area (Å²) in [6.07, 6.45) is 0. The average Bonchev–Trinajstić information content (AvgIpc) is 2.92. The van der Waals surface area contributed by atoms with Crippen molar-refractivity contribution < 1.29 is 14.6 Å². The number of hydrogen-bond acceptors (Lipinski definition) is 4. The third-order valence-corrected chi connectivity index (χ3v) is 4.55. The van der Waals surface area contributed by atoms with Crippen molar-refractivity contribution in [1.29, 1.82) is 0 Å². The fourth-order valence-electron chi connectivity index (χ4n) is 2.31. The van der Waals surface area contributed by atoms with Crippen LogP contribution in [0.3, 0.4) is 0 Å². The van der Waals surface area contributed by atoms with Crippen molar-refractivity contribution in [1.82, 2.24) is 0 Å². The molecule has 0 aliphatic heterocycles. The van der Waals surface area contributed by atoms with Crippen LogP contribution in [0.2, 0.25) is 0 Å². The van der Waals surface area contributed by atoms with Gasteiger partial charge in [0.25, 0.3) is 0 Å². The second-order valence-corrected chi connectivity index (χ2v) is 5.86. The first kappa shape index (κ1) is 14.4. The van der Waals surface area contributed by atoms with Crippen molar-refractivity contribution in [3.8, 4) is 5.75 Å². The molecular weight excluding hydrogens is 298 g/mol. The smallest absolute Gasteiger partial charge is 0.339 e. The zero-order valence-corrected chi connectivity index (χ0v) is 12.8. The number of methoxy groups -OCH3 is 1. The normalized spacial score (nSPS) is 10.6. The van der Waals surface area contributed by atoms with Gasteiger partial charge in [-0.2, -0.15) is 0 Å². The molecule has 1 aromatic heterocycles. The first-order valence-corrected chi connectivity index (χ1v) is 7.62. The number of rotatable bonds is 5. The van der Waals surface area contributed by atoms with Crippen LogP contribution in [-0.2, 0) is 6.54 Å². The molecular formula is C17H15NO3S. The van der Waals surface area contributed by atoms with Crippen molar-refractivity contribution in [3.63, 3.8) is 0 Å². The largest absolute Gasteiger partial charge is 0.497 e. The highest BCUT2D eigenvalue weighted by Crippen LogP contribution is 2.35. The summed E-state index contributed by atoms with van der Waals surface area (Å²) in [5.74, 6) is -0.105. The number of anilines is 1. The summed E-state index contributed by atoms with van der Waals surface area (Å²) in [6, 6.07) is 15.2. The summed E-state index contributed by atoms with van der Waals surface area (Å²) >= 11 is 1.46. The molecule has 0 aliphatic carbocycles. The van der Waals surface area contributed by atoms with E-state index in [1.54, 1.807) is 7.11 Å². The molecule has 0 atom stereocenters. The third-order valence-electron chi connectivity index (χ3n) is 3.42. The number of ether oxygens (including phenoxy) is 1. The fourth-order valence-corrected chi connectivity index (χ4v) is 3.40. The predicted molar refractivity (Wildman–Crippen MR) is 89.1 cm³/mol. The van der Waals surface area contributed by atoms with E-state index in [2.05, 4.69) is 5.32 Å². The van der Waals surface area contributed by atoms with E-state index >= 15 is 0 Å². The predicted octanol–water partition coefficient (Wildman–Crippen LogP) is 4.22. The Labute approximate surface area is 132 Å². The third kappa shape index (κ3) is 2.76. The van der Waals surface area contributed by atoms with E-state index in [0.29, 0.717) is 17.1 Å². The molecule has 3 rings (SSSR count). The van der Waals surface area contributed by atoms with Crippen LogP contribution in [0.25, 0.3) is 10.1 Å². The highest BCUT2D eigenvalue weighted by Gasteiger charge is 2.17. The van der Waals surface area contributed by atoms with Crippen LogP contribution in [0.5, 0.6) is 5.75 Å². The Kier molecular flexibility index (Phi) is 3.98. The van der Waals surface area contributed by atoms with Gasteiger partial charge in [0.05, 0.1) is 7.11 Å². The topological polar surface area (TPSA) is 58.6 Å². The second kappa shape index (κ2) is 6.07. The van der Waals surface area contributed by atoms with Gasteiger partial charge in [-0.15, -0.1) is 11.3 Å². The maximum atomic E-state index is 11.5. The molecule has 0 saturated heterocycles. The van der Waals surface area contributed by atoms with E-state index < -0.39 is 5.97 Å². The lowest BCUT2D eigenvalue weighted by Crippen LogP contribution is -2.03. The molecule has 0 amide bonds. The molecule has 2 aromatic carbocycles. The maximum absolute atomic E-state index is 11.5. The number of benzene rings is 2. The van der Waals surface area contributed by atoms with Crippen LogP contribution in [0, 0.1) is 0 Å². The molecule has 5 heteroatoms. The van der Waals surface area contributed by atoms with Crippen molar-refractivity contribution >= 4 is 32.4 Å². The molecule has 4 nitrogen and oxygen atoms in total. The number of hydrogen-bond donors (Lipinski definition) is 2. The molecule has 0 aliphatic rings. The van der Waals surface area contributed by atoms with Gasteiger partial charge < -0.3 is 15.2 Å². The standard InChI is InChI=1S/C17H15NO3S/c1-21-12-8-6-11(7-9-12)10-18-16-15(17(19)20)13-4-2-3-5-14(13)22-16/h2-9,18H,10H2,1H3,(H,19,20). The van der Waals surface area contributed by atoms with E-state index in [1.165, 1.54) is 11.3 Å². The Morgan fingerprint density at radius 3 is 2.59 bits per heavy atom. The summed E-state index contributed by atoms with van der Waals surface area (Å²) in [5.41, 5.74) is 1.41. The SMILES string of the molecule is COc1ccc(CNc2sc3ccccc3c2C(=O)O)cc1. The van der Waals surface area contributed by atoms with Crippen LogP contribution in [0.4, 0.5) is 5.00 Å². The summed E-state index contributed by atoms with van der Waals surface area (Å²) in [4.78, 5) is 11.5. The van der Waals surface area contributed by atoms with Crippen LogP contribution in [0.1, 0.15) is 15.9 Å². The lowest BCUT2D eigenvalue weighted by molar-refractivity contribution is 0.0700. The lowest BCUT2D eigenvalue weighted by atomic mass is 10.1. The molecule has 0 fully saturated rings. The number of thiophene rings is 1. The molecule has 0 spiro atoms. The molecule has 112 valence electrons. The number of carboxylic acids is 1. The highest BCUT2D eigenvalue weighted by atomic mass is 32.1. The van der Waals surface area contributed by atoms with Gasteiger partial charge >= 0.3 is 5.97 Å². The number of carboxylic acid groups (broad SMARTS) is 1. The molecule has 1 heterocycles. The van der Waals surface area contributed by atoms with Gasteiger partial charge in [-0.25, -0.2) is 4.79 Å².